The van der Waals surface area contributed by atoms with Gasteiger partial charge in [0.1, 0.15) is 6.20 Å². The summed E-state index contributed by atoms with van der Waals surface area (Å²) in [4.78, 5) is 18.5. The molecule has 0 amide bonds. The molecule has 0 aliphatic carbocycles. The number of aromatic nitrogens is 2. The number of hydrogen-bond donors (Lipinski definition) is 1. The molecule has 0 unspecified atom stereocenters. The zero-order valence-corrected chi connectivity index (χ0v) is 11.9. The lowest BCUT2D eigenvalue weighted by atomic mass is 10.1. The molecule has 1 N–H and O–H groups in total. The Morgan fingerprint density at radius 2 is 2.33 bits per heavy atom. The van der Waals surface area contributed by atoms with E-state index in [2.05, 4.69) is 21.4 Å². The van der Waals surface area contributed by atoms with Crippen LogP contribution in [0, 0.1) is 21.4 Å². The zero-order chi connectivity index (χ0) is 15.2. The molecule has 0 aliphatic rings. The van der Waals surface area contributed by atoms with Crippen LogP contribution in [-0.4, -0.2) is 21.1 Å². The summed E-state index contributed by atoms with van der Waals surface area (Å²) >= 11 is 1.30. The molecule has 0 saturated heterocycles. The molecule has 0 bridgehead atoms. The Bertz CT molecular complexity index is 714. The second-order valence-corrected chi connectivity index (χ2v) is 4.78. The van der Waals surface area contributed by atoms with Gasteiger partial charge in [-0.3, -0.25) is 10.1 Å². The number of nitro groups is 1. The van der Waals surface area contributed by atoms with Gasteiger partial charge in [0.25, 0.3) is 0 Å². The van der Waals surface area contributed by atoms with Crippen molar-refractivity contribution in [3.63, 3.8) is 0 Å². The fraction of sp³-hybridized carbons (Fsp3) is 0.154. The first-order valence-electron chi connectivity index (χ1n) is 5.92. The van der Waals surface area contributed by atoms with E-state index in [-0.39, 0.29) is 17.9 Å². The molecule has 0 atom stereocenters. The average Bonchev–Trinajstić information content (AvgIpc) is 2.47. The summed E-state index contributed by atoms with van der Waals surface area (Å²) in [6.45, 7) is 0. The van der Waals surface area contributed by atoms with Gasteiger partial charge in [0.05, 0.1) is 17.4 Å². The third kappa shape index (κ3) is 3.67. The van der Waals surface area contributed by atoms with Crippen molar-refractivity contribution in [2.75, 3.05) is 11.6 Å². The molecule has 2 rings (SSSR count). The molecular formula is C13H11N5O2S. The monoisotopic (exact) mass is 301 g/mol. The van der Waals surface area contributed by atoms with Crippen LogP contribution in [0.25, 0.3) is 0 Å². The summed E-state index contributed by atoms with van der Waals surface area (Å²) in [6, 6.07) is 9.16. The summed E-state index contributed by atoms with van der Waals surface area (Å²) in [7, 11) is 0. The average molecular weight is 301 g/mol. The van der Waals surface area contributed by atoms with Crippen molar-refractivity contribution in [2.45, 2.75) is 11.6 Å². The predicted octanol–water partition coefficient (Wildman–Crippen LogP) is 2.92. The molecule has 1 heterocycles. The van der Waals surface area contributed by atoms with E-state index in [1.807, 2.05) is 6.07 Å². The lowest BCUT2D eigenvalue weighted by Gasteiger charge is -2.07. The van der Waals surface area contributed by atoms with E-state index >= 15 is 0 Å². The summed E-state index contributed by atoms with van der Waals surface area (Å²) in [5, 5.41) is 23.1. The van der Waals surface area contributed by atoms with Crippen LogP contribution in [0.5, 0.6) is 0 Å². The van der Waals surface area contributed by atoms with Crippen LogP contribution in [0.1, 0.15) is 5.56 Å². The number of benzene rings is 1. The Morgan fingerprint density at radius 1 is 1.52 bits per heavy atom. The van der Waals surface area contributed by atoms with Gasteiger partial charge in [-0.25, -0.2) is 4.98 Å². The summed E-state index contributed by atoms with van der Waals surface area (Å²) in [6.07, 6.45) is 3.25. The highest BCUT2D eigenvalue weighted by Gasteiger charge is 2.17. The third-order valence-electron chi connectivity index (χ3n) is 2.60. The standard InChI is InChI=1S/C13H11N5O2S/c1-21-13-15-8-11(18(19)20)12(17-13)16-10-4-2-3-9(7-10)5-6-14/h2-4,7-8H,5H2,1H3,(H,15,16,17). The topological polar surface area (TPSA) is 105 Å². The van der Waals surface area contributed by atoms with Crippen molar-refractivity contribution in [2.24, 2.45) is 0 Å². The SMILES string of the molecule is CSc1ncc([N+](=O)[O-])c(Nc2cccc(CC#N)c2)n1. The minimum atomic E-state index is -0.536. The number of nitrogens with one attached hydrogen (secondary N) is 1. The lowest BCUT2D eigenvalue weighted by molar-refractivity contribution is -0.384. The third-order valence-corrected chi connectivity index (χ3v) is 3.16. The molecular weight excluding hydrogens is 290 g/mol. The second kappa shape index (κ2) is 6.67. The summed E-state index contributed by atoms with van der Waals surface area (Å²) in [5.41, 5.74) is 1.26. The van der Waals surface area contributed by atoms with Crippen molar-refractivity contribution in [1.82, 2.24) is 9.97 Å². The van der Waals surface area contributed by atoms with E-state index < -0.39 is 4.92 Å². The highest BCUT2D eigenvalue weighted by atomic mass is 32.2. The van der Waals surface area contributed by atoms with E-state index in [4.69, 9.17) is 5.26 Å². The number of rotatable bonds is 5. The van der Waals surface area contributed by atoms with E-state index in [0.29, 0.717) is 10.8 Å². The van der Waals surface area contributed by atoms with Crippen LogP contribution in [0.2, 0.25) is 0 Å². The molecule has 1 aromatic carbocycles. The number of anilines is 2. The van der Waals surface area contributed by atoms with Gasteiger partial charge in [-0.1, -0.05) is 23.9 Å². The van der Waals surface area contributed by atoms with Gasteiger partial charge in [-0.2, -0.15) is 10.2 Å². The molecule has 8 heteroatoms. The van der Waals surface area contributed by atoms with Gasteiger partial charge >= 0.3 is 5.69 Å². The molecule has 0 fully saturated rings. The van der Waals surface area contributed by atoms with Crippen molar-refractivity contribution in [1.29, 1.82) is 5.26 Å². The van der Waals surface area contributed by atoms with Crippen LogP contribution < -0.4 is 5.32 Å². The van der Waals surface area contributed by atoms with E-state index in [0.717, 1.165) is 5.56 Å². The molecule has 1 aromatic heterocycles. The number of nitriles is 1. The predicted molar refractivity (Wildman–Crippen MR) is 79.5 cm³/mol. The zero-order valence-electron chi connectivity index (χ0n) is 11.1. The number of thioether (sulfide) groups is 1. The summed E-state index contributed by atoms with van der Waals surface area (Å²) in [5.74, 6) is 0.133. The lowest BCUT2D eigenvalue weighted by Crippen LogP contribution is -2.02. The van der Waals surface area contributed by atoms with Crippen molar-refractivity contribution < 1.29 is 4.92 Å². The Balaban J connectivity index is 2.36. The molecule has 21 heavy (non-hydrogen) atoms. The Hall–Kier alpha value is -2.66. The quantitative estimate of drug-likeness (QED) is 0.392. The highest BCUT2D eigenvalue weighted by Crippen LogP contribution is 2.26. The van der Waals surface area contributed by atoms with Gasteiger partial charge in [-0.05, 0) is 24.0 Å². The van der Waals surface area contributed by atoms with Crippen LogP contribution >= 0.6 is 11.8 Å². The second-order valence-electron chi connectivity index (χ2n) is 4.01. The van der Waals surface area contributed by atoms with Gasteiger partial charge in [0, 0.05) is 5.69 Å². The normalized spacial score (nSPS) is 9.90. The Morgan fingerprint density at radius 3 is 3.00 bits per heavy atom. The molecule has 2 aromatic rings. The molecule has 0 spiro atoms. The van der Waals surface area contributed by atoms with Crippen molar-refractivity contribution >= 4 is 29.0 Å². The first-order chi connectivity index (χ1) is 10.1. The fourth-order valence-electron chi connectivity index (χ4n) is 1.67. The van der Waals surface area contributed by atoms with Crippen LogP contribution in [0.4, 0.5) is 17.2 Å². The first kappa shape index (κ1) is 14.7. The van der Waals surface area contributed by atoms with Crippen LogP contribution in [0.15, 0.2) is 35.6 Å². The Kier molecular flexibility index (Phi) is 4.68. The number of nitrogens with zero attached hydrogens (tertiary/aromatic N) is 4. The van der Waals surface area contributed by atoms with Gasteiger partial charge < -0.3 is 5.32 Å². The highest BCUT2D eigenvalue weighted by molar-refractivity contribution is 7.98. The van der Waals surface area contributed by atoms with E-state index in [1.165, 1.54) is 18.0 Å². The maximum atomic E-state index is 11.0. The Labute approximate surface area is 125 Å². The van der Waals surface area contributed by atoms with Gasteiger partial charge in [0.15, 0.2) is 5.16 Å². The minimum absolute atomic E-state index is 0.133. The summed E-state index contributed by atoms with van der Waals surface area (Å²) < 4.78 is 0. The van der Waals surface area contributed by atoms with Crippen LogP contribution in [-0.2, 0) is 6.42 Å². The van der Waals surface area contributed by atoms with Crippen molar-refractivity contribution in [3.05, 3.63) is 46.1 Å². The minimum Gasteiger partial charge on any atom is -0.334 e. The first-order valence-corrected chi connectivity index (χ1v) is 7.15. The smallest absolute Gasteiger partial charge is 0.329 e. The van der Waals surface area contributed by atoms with Gasteiger partial charge in [-0.15, -0.1) is 0 Å². The largest absolute Gasteiger partial charge is 0.334 e. The number of hydrogen-bond acceptors (Lipinski definition) is 7. The maximum absolute atomic E-state index is 11.0. The molecule has 7 nitrogen and oxygen atoms in total. The molecule has 0 aliphatic heterocycles. The molecule has 106 valence electrons. The fourth-order valence-corrected chi connectivity index (χ4v) is 2.01. The van der Waals surface area contributed by atoms with Crippen molar-refractivity contribution in [3.8, 4) is 6.07 Å². The molecule has 0 saturated carbocycles. The van der Waals surface area contributed by atoms with Gasteiger partial charge in [0.2, 0.25) is 5.82 Å². The van der Waals surface area contributed by atoms with E-state index in [1.54, 1.807) is 24.5 Å². The maximum Gasteiger partial charge on any atom is 0.329 e. The van der Waals surface area contributed by atoms with Crippen LogP contribution in [0.3, 0.4) is 0 Å². The molecule has 0 radical (unpaired) electrons. The van der Waals surface area contributed by atoms with E-state index in [9.17, 15) is 10.1 Å².